The van der Waals surface area contributed by atoms with Crippen molar-refractivity contribution >= 4 is 22.2 Å². The van der Waals surface area contributed by atoms with E-state index in [0.717, 1.165) is 25.2 Å². The summed E-state index contributed by atoms with van der Waals surface area (Å²) in [5.41, 5.74) is 8.65. The summed E-state index contributed by atoms with van der Waals surface area (Å²) in [6.45, 7) is 4.34. The van der Waals surface area contributed by atoms with Gasteiger partial charge < -0.3 is 10.5 Å². The normalized spacial score (nSPS) is 16.4. The van der Waals surface area contributed by atoms with Gasteiger partial charge in [-0.1, -0.05) is 24.3 Å². The van der Waals surface area contributed by atoms with Crippen LogP contribution in [0.3, 0.4) is 0 Å². The molecule has 2 heterocycles. The molecule has 0 unspecified atom stereocenters. The first-order valence-electron chi connectivity index (χ1n) is 9.42. The summed E-state index contributed by atoms with van der Waals surface area (Å²) < 4.78 is 6.89. The Morgan fingerprint density at radius 1 is 1.00 bits per heavy atom. The molecule has 1 aromatic heterocycles. The predicted octanol–water partition coefficient (Wildman–Crippen LogP) is 1.52. The number of nitrogens with zero attached hydrogens (tertiary/aromatic N) is 3. The Labute approximate surface area is 161 Å². The van der Waals surface area contributed by atoms with E-state index in [0.29, 0.717) is 53.0 Å². The van der Waals surface area contributed by atoms with Gasteiger partial charge in [-0.05, 0) is 12.1 Å². The first-order valence-corrected chi connectivity index (χ1v) is 9.42. The highest BCUT2D eigenvalue weighted by atomic mass is 16.5. The second kappa shape index (κ2) is 6.54. The lowest BCUT2D eigenvalue weighted by Crippen LogP contribution is -2.39. The molecule has 0 atom stereocenters. The molecule has 0 spiro atoms. The Kier molecular flexibility index (Phi) is 3.99. The summed E-state index contributed by atoms with van der Waals surface area (Å²) in [5.74, 6) is -0.154. The van der Waals surface area contributed by atoms with Crippen LogP contribution in [0.15, 0.2) is 41.2 Å². The van der Waals surface area contributed by atoms with Crippen LogP contribution in [0.1, 0.15) is 15.9 Å². The van der Waals surface area contributed by atoms with Crippen molar-refractivity contribution in [1.29, 1.82) is 0 Å². The first kappa shape index (κ1) is 17.1. The number of ketones is 1. The minimum absolute atomic E-state index is 0.154. The maximum absolute atomic E-state index is 13.1. The standard InChI is InChI=1S/C21H20N4O3/c22-16-6-5-15-17-18(16)20(26)14-4-2-1-3-13(14)19(17)23-25(21(15)27)8-7-24-9-11-28-12-10-24/h1-6H,7-12,22H2. The van der Waals surface area contributed by atoms with Gasteiger partial charge in [-0.25, -0.2) is 4.68 Å². The summed E-state index contributed by atoms with van der Waals surface area (Å²) in [6.07, 6.45) is 0. The van der Waals surface area contributed by atoms with Gasteiger partial charge in [0.2, 0.25) is 0 Å². The van der Waals surface area contributed by atoms with Gasteiger partial charge in [0, 0.05) is 41.8 Å². The number of aromatic nitrogens is 2. The Bertz CT molecular complexity index is 1160. The van der Waals surface area contributed by atoms with Gasteiger partial charge in [-0.3, -0.25) is 14.5 Å². The molecule has 1 aliphatic carbocycles. The molecule has 0 radical (unpaired) electrons. The quantitative estimate of drug-likeness (QED) is 0.545. The number of anilines is 1. The van der Waals surface area contributed by atoms with Gasteiger partial charge in [0.05, 0.1) is 30.7 Å². The molecule has 28 heavy (non-hydrogen) atoms. The minimum atomic E-state index is -0.194. The van der Waals surface area contributed by atoms with Crippen molar-refractivity contribution in [3.05, 3.63) is 57.9 Å². The van der Waals surface area contributed by atoms with Crippen molar-refractivity contribution in [3.63, 3.8) is 0 Å². The third kappa shape index (κ3) is 2.55. The van der Waals surface area contributed by atoms with Crippen LogP contribution in [0.5, 0.6) is 0 Å². The largest absolute Gasteiger partial charge is 0.398 e. The van der Waals surface area contributed by atoms with E-state index < -0.39 is 0 Å². The number of ether oxygens (including phenoxy) is 1. The molecular formula is C21H20N4O3. The van der Waals surface area contributed by atoms with Gasteiger partial charge in [0.25, 0.3) is 5.56 Å². The van der Waals surface area contributed by atoms with Crippen molar-refractivity contribution in [3.8, 4) is 11.3 Å². The predicted molar refractivity (Wildman–Crippen MR) is 107 cm³/mol. The lowest BCUT2D eigenvalue weighted by atomic mass is 9.85. The summed E-state index contributed by atoms with van der Waals surface area (Å²) in [7, 11) is 0. The lowest BCUT2D eigenvalue weighted by Gasteiger charge is -2.27. The topological polar surface area (TPSA) is 90.5 Å². The van der Waals surface area contributed by atoms with E-state index in [-0.39, 0.29) is 11.3 Å². The van der Waals surface area contributed by atoms with Crippen molar-refractivity contribution in [2.75, 3.05) is 38.6 Å². The Balaban J connectivity index is 1.68. The molecule has 5 rings (SSSR count). The summed E-state index contributed by atoms with van der Waals surface area (Å²) in [6, 6.07) is 10.7. The van der Waals surface area contributed by atoms with E-state index in [1.54, 1.807) is 18.2 Å². The molecule has 1 fully saturated rings. The van der Waals surface area contributed by atoms with E-state index in [2.05, 4.69) is 10.00 Å². The van der Waals surface area contributed by atoms with Crippen LogP contribution in [0.4, 0.5) is 5.69 Å². The number of nitrogen functional groups attached to an aromatic ring is 1. The van der Waals surface area contributed by atoms with Crippen LogP contribution in [-0.4, -0.2) is 53.3 Å². The van der Waals surface area contributed by atoms with E-state index in [1.165, 1.54) is 4.68 Å². The van der Waals surface area contributed by atoms with E-state index in [4.69, 9.17) is 10.5 Å². The number of carbonyl (C=O) groups excluding carboxylic acids is 1. The van der Waals surface area contributed by atoms with Gasteiger partial charge >= 0.3 is 0 Å². The average Bonchev–Trinajstić information content (AvgIpc) is 2.73. The highest BCUT2D eigenvalue weighted by Gasteiger charge is 2.29. The molecule has 2 aliphatic rings. The van der Waals surface area contributed by atoms with Crippen molar-refractivity contribution < 1.29 is 9.53 Å². The molecule has 142 valence electrons. The molecule has 0 bridgehead atoms. The molecule has 7 nitrogen and oxygen atoms in total. The van der Waals surface area contributed by atoms with Crippen molar-refractivity contribution in [1.82, 2.24) is 14.7 Å². The highest BCUT2D eigenvalue weighted by molar-refractivity contribution is 6.27. The van der Waals surface area contributed by atoms with E-state index in [9.17, 15) is 9.59 Å². The monoisotopic (exact) mass is 376 g/mol. The number of nitrogens with two attached hydrogens (primary N) is 1. The number of benzene rings is 2. The number of rotatable bonds is 3. The fraction of sp³-hybridized carbons (Fsp3) is 0.286. The average molecular weight is 376 g/mol. The molecule has 1 aliphatic heterocycles. The van der Waals surface area contributed by atoms with Gasteiger partial charge in [-0.15, -0.1) is 0 Å². The zero-order valence-corrected chi connectivity index (χ0v) is 15.4. The molecule has 3 aromatic rings. The number of fused-ring (bicyclic) bond motifs is 2. The maximum atomic E-state index is 13.1. The molecule has 7 heteroatoms. The fourth-order valence-corrected chi connectivity index (χ4v) is 4.07. The second-order valence-electron chi connectivity index (χ2n) is 7.16. The number of hydrogen-bond donors (Lipinski definition) is 1. The third-order valence-electron chi connectivity index (χ3n) is 5.55. The SMILES string of the molecule is Nc1ccc2c(=O)n(CCN3CCOCC3)nc3c2c1C(=O)c1ccccc1-3. The van der Waals surface area contributed by atoms with Crippen molar-refractivity contribution in [2.45, 2.75) is 6.54 Å². The minimum Gasteiger partial charge on any atom is -0.398 e. The van der Waals surface area contributed by atoms with Gasteiger partial charge in [0.15, 0.2) is 5.78 Å². The zero-order valence-electron chi connectivity index (χ0n) is 15.4. The molecule has 2 N–H and O–H groups in total. The van der Waals surface area contributed by atoms with Crippen LogP contribution in [0.2, 0.25) is 0 Å². The maximum Gasteiger partial charge on any atom is 0.274 e. The van der Waals surface area contributed by atoms with Gasteiger partial charge in [-0.2, -0.15) is 5.10 Å². The number of hydrogen-bond acceptors (Lipinski definition) is 6. The Morgan fingerprint density at radius 3 is 2.54 bits per heavy atom. The van der Waals surface area contributed by atoms with Crippen LogP contribution < -0.4 is 11.3 Å². The highest BCUT2D eigenvalue weighted by Crippen LogP contribution is 2.39. The van der Waals surface area contributed by atoms with Gasteiger partial charge in [0.1, 0.15) is 5.69 Å². The molecular weight excluding hydrogens is 356 g/mol. The molecule has 0 amide bonds. The van der Waals surface area contributed by atoms with Crippen LogP contribution >= 0.6 is 0 Å². The Hall–Kier alpha value is -3.03. The van der Waals surface area contributed by atoms with Crippen LogP contribution in [0.25, 0.3) is 22.0 Å². The van der Waals surface area contributed by atoms with Crippen molar-refractivity contribution in [2.24, 2.45) is 0 Å². The molecule has 0 saturated carbocycles. The third-order valence-corrected chi connectivity index (χ3v) is 5.55. The second-order valence-corrected chi connectivity index (χ2v) is 7.16. The Morgan fingerprint density at radius 2 is 1.75 bits per heavy atom. The molecule has 1 saturated heterocycles. The summed E-state index contributed by atoms with van der Waals surface area (Å²) >= 11 is 0. The first-order chi connectivity index (χ1) is 13.6. The number of morpholine rings is 1. The summed E-state index contributed by atoms with van der Waals surface area (Å²) in [5, 5.41) is 5.72. The number of carbonyl (C=O) groups is 1. The molecule has 2 aromatic carbocycles. The smallest absolute Gasteiger partial charge is 0.274 e. The van der Waals surface area contributed by atoms with E-state index in [1.807, 2.05) is 18.2 Å². The fourth-order valence-electron chi connectivity index (χ4n) is 4.07. The van der Waals surface area contributed by atoms with Crippen LogP contribution in [-0.2, 0) is 11.3 Å². The lowest BCUT2D eigenvalue weighted by molar-refractivity contribution is 0.0358. The summed E-state index contributed by atoms with van der Waals surface area (Å²) in [4.78, 5) is 28.4. The van der Waals surface area contributed by atoms with E-state index >= 15 is 0 Å². The van der Waals surface area contributed by atoms with Crippen LogP contribution in [0, 0.1) is 0 Å². The zero-order chi connectivity index (χ0) is 19.3.